The molecule has 82 valence electrons. The average Bonchev–Trinajstić information content (AvgIpc) is 2.92. The Kier molecular flexibility index (Phi) is 2.34. The van der Waals surface area contributed by atoms with E-state index >= 15 is 0 Å². The molecule has 0 radical (unpaired) electrons. The lowest BCUT2D eigenvalue weighted by Crippen LogP contribution is -2.18. The first-order valence-corrected chi connectivity index (χ1v) is 5.87. The highest BCUT2D eigenvalue weighted by molar-refractivity contribution is 7.93. The minimum absolute atomic E-state index is 0.316. The molecule has 4 nitrogen and oxygen atoms in total. The van der Waals surface area contributed by atoms with Crippen molar-refractivity contribution >= 4 is 15.7 Å². The summed E-state index contributed by atoms with van der Waals surface area (Å²) >= 11 is 0. The molecule has 1 saturated carbocycles. The van der Waals surface area contributed by atoms with Gasteiger partial charge in [-0.25, -0.2) is 8.42 Å². The van der Waals surface area contributed by atoms with Crippen molar-refractivity contribution in [1.82, 2.24) is 4.98 Å². The lowest BCUT2D eigenvalue weighted by Gasteiger charge is -2.06. The molecule has 1 aliphatic rings. The van der Waals surface area contributed by atoms with Gasteiger partial charge in [0.05, 0.1) is 5.25 Å². The largest absolute Gasteiger partial charge is 0.279 e. The fraction of sp³-hybridized carbons (Fsp3) is 0.375. The van der Waals surface area contributed by atoms with E-state index in [-0.39, 0.29) is 5.69 Å². The zero-order valence-corrected chi connectivity index (χ0v) is 8.39. The minimum Gasteiger partial charge on any atom is -0.279 e. The smallest absolute Gasteiger partial charge is 0.239 e. The van der Waals surface area contributed by atoms with Gasteiger partial charge >= 0.3 is 0 Å². The molecule has 0 saturated heterocycles. The Bertz CT molecular complexity index is 485. The third kappa shape index (κ3) is 2.23. The van der Waals surface area contributed by atoms with E-state index in [1.54, 1.807) is 0 Å². The molecule has 0 spiro atoms. The van der Waals surface area contributed by atoms with E-state index in [0.29, 0.717) is 12.8 Å². The van der Waals surface area contributed by atoms with Crippen LogP contribution in [0.15, 0.2) is 12.1 Å². The normalized spacial score (nSPS) is 16.4. The van der Waals surface area contributed by atoms with E-state index in [2.05, 4.69) is 4.98 Å². The van der Waals surface area contributed by atoms with Crippen molar-refractivity contribution < 1.29 is 17.2 Å². The Morgan fingerprint density at radius 3 is 2.53 bits per heavy atom. The van der Waals surface area contributed by atoms with Crippen LogP contribution >= 0.6 is 0 Å². The van der Waals surface area contributed by atoms with Crippen molar-refractivity contribution in [3.8, 4) is 0 Å². The maximum Gasteiger partial charge on any atom is 0.239 e. The molecular weight excluding hydrogens is 226 g/mol. The molecule has 1 heterocycles. The molecule has 1 aromatic heterocycles. The van der Waals surface area contributed by atoms with Crippen LogP contribution in [0, 0.1) is 11.9 Å². The van der Waals surface area contributed by atoms with Crippen LogP contribution in [0.3, 0.4) is 0 Å². The van der Waals surface area contributed by atoms with Gasteiger partial charge in [-0.05, 0) is 25.0 Å². The molecule has 1 aromatic rings. The Labute approximate surface area is 85.4 Å². The summed E-state index contributed by atoms with van der Waals surface area (Å²) in [5.41, 5.74) is -0.316. The molecule has 15 heavy (non-hydrogen) atoms. The van der Waals surface area contributed by atoms with Crippen molar-refractivity contribution in [3.63, 3.8) is 0 Å². The quantitative estimate of drug-likeness (QED) is 0.801. The number of halogens is 2. The first kappa shape index (κ1) is 10.3. The highest BCUT2D eigenvalue weighted by atomic mass is 32.2. The van der Waals surface area contributed by atoms with Gasteiger partial charge in [0.1, 0.15) is 5.69 Å². The zero-order chi connectivity index (χ0) is 11.1. The summed E-state index contributed by atoms with van der Waals surface area (Å²) < 4.78 is 50.3. The van der Waals surface area contributed by atoms with Crippen LogP contribution in [-0.2, 0) is 10.0 Å². The second-order valence-corrected chi connectivity index (χ2v) is 5.28. The standard InChI is InChI=1S/C8H8F2N2O2S/c9-7-4-3-6(8(10)11-7)12-15(13,14)5-1-2-5/h3-5,12H,1-2H2. The number of hydrogen-bond acceptors (Lipinski definition) is 3. The fourth-order valence-electron chi connectivity index (χ4n) is 1.10. The molecule has 7 heteroatoms. The third-order valence-electron chi connectivity index (χ3n) is 2.03. The van der Waals surface area contributed by atoms with Crippen molar-refractivity contribution in [2.45, 2.75) is 18.1 Å². The number of nitrogens with zero attached hydrogens (tertiary/aromatic N) is 1. The van der Waals surface area contributed by atoms with Gasteiger partial charge in [-0.2, -0.15) is 13.8 Å². The predicted molar refractivity (Wildman–Crippen MR) is 49.7 cm³/mol. The molecule has 0 amide bonds. The first-order valence-electron chi connectivity index (χ1n) is 4.33. The molecule has 1 fully saturated rings. The summed E-state index contributed by atoms with van der Waals surface area (Å²) in [7, 11) is -3.53. The maximum absolute atomic E-state index is 13.0. The maximum atomic E-state index is 13.0. The second-order valence-electron chi connectivity index (χ2n) is 3.32. The topological polar surface area (TPSA) is 59.1 Å². The van der Waals surface area contributed by atoms with Crippen LogP contribution in [0.2, 0.25) is 0 Å². The fourth-order valence-corrected chi connectivity index (χ4v) is 2.49. The van der Waals surface area contributed by atoms with Gasteiger partial charge in [-0.3, -0.25) is 4.72 Å². The van der Waals surface area contributed by atoms with Gasteiger partial charge < -0.3 is 0 Å². The summed E-state index contributed by atoms with van der Waals surface area (Å²) in [6.45, 7) is 0. The average molecular weight is 234 g/mol. The van der Waals surface area contributed by atoms with Gasteiger partial charge in [-0.1, -0.05) is 0 Å². The van der Waals surface area contributed by atoms with E-state index in [0.717, 1.165) is 12.1 Å². The number of pyridine rings is 1. The molecule has 0 unspecified atom stereocenters. The van der Waals surface area contributed by atoms with Gasteiger partial charge in [0.25, 0.3) is 0 Å². The summed E-state index contributed by atoms with van der Waals surface area (Å²) in [5, 5.41) is -0.457. The van der Waals surface area contributed by atoms with E-state index in [4.69, 9.17) is 0 Å². The molecule has 0 aromatic carbocycles. The summed E-state index contributed by atoms with van der Waals surface area (Å²) in [4.78, 5) is 2.88. The van der Waals surface area contributed by atoms with E-state index < -0.39 is 27.2 Å². The molecule has 2 rings (SSSR count). The monoisotopic (exact) mass is 234 g/mol. The Morgan fingerprint density at radius 1 is 1.33 bits per heavy atom. The van der Waals surface area contributed by atoms with Crippen LogP contribution in [0.1, 0.15) is 12.8 Å². The summed E-state index contributed by atoms with van der Waals surface area (Å²) in [6, 6.07) is 1.91. The number of hydrogen-bond donors (Lipinski definition) is 1. The number of rotatable bonds is 3. The summed E-state index contributed by atoms with van der Waals surface area (Å²) in [5.74, 6) is -2.14. The van der Waals surface area contributed by atoms with Gasteiger partial charge in [0.2, 0.25) is 21.9 Å². The van der Waals surface area contributed by atoms with Crippen LogP contribution in [0.5, 0.6) is 0 Å². The van der Waals surface area contributed by atoms with E-state index in [1.165, 1.54) is 0 Å². The molecule has 0 atom stereocenters. The number of nitrogens with one attached hydrogen (secondary N) is 1. The lowest BCUT2D eigenvalue weighted by molar-refractivity contribution is 0.515. The highest BCUT2D eigenvalue weighted by Crippen LogP contribution is 2.29. The lowest BCUT2D eigenvalue weighted by atomic mass is 10.4. The molecular formula is C8H8F2N2O2S. The van der Waals surface area contributed by atoms with Crippen LogP contribution < -0.4 is 4.72 Å². The van der Waals surface area contributed by atoms with Gasteiger partial charge in [0, 0.05) is 0 Å². The zero-order valence-electron chi connectivity index (χ0n) is 7.57. The second kappa shape index (κ2) is 3.41. The number of anilines is 1. The Hall–Kier alpha value is -1.24. The van der Waals surface area contributed by atoms with E-state index in [1.807, 2.05) is 4.72 Å². The van der Waals surface area contributed by atoms with E-state index in [9.17, 15) is 17.2 Å². The molecule has 0 aliphatic heterocycles. The van der Waals surface area contributed by atoms with Crippen LogP contribution in [0.4, 0.5) is 14.5 Å². The van der Waals surface area contributed by atoms with Crippen molar-refractivity contribution in [1.29, 1.82) is 0 Å². The molecule has 1 N–H and O–H groups in total. The van der Waals surface area contributed by atoms with Gasteiger partial charge in [0.15, 0.2) is 0 Å². The number of aromatic nitrogens is 1. The summed E-state index contributed by atoms with van der Waals surface area (Å²) in [6.07, 6.45) is 1.15. The van der Waals surface area contributed by atoms with Gasteiger partial charge in [-0.15, -0.1) is 0 Å². The first-order chi connectivity index (χ1) is 6.99. The predicted octanol–water partition coefficient (Wildman–Crippen LogP) is 1.26. The van der Waals surface area contributed by atoms with Crippen molar-refractivity contribution in [2.24, 2.45) is 0 Å². The molecule has 0 bridgehead atoms. The highest BCUT2D eigenvalue weighted by Gasteiger charge is 2.36. The number of sulfonamides is 1. The third-order valence-corrected chi connectivity index (χ3v) is 3.88. The van der Waals surface area contributed by atoms with Crippen LogP contribution in [-0.4, -0.2) is 18.7 Å². The van der Waals surface area contributed by atoms with Crippen molar-refractivity contribution in [3.05, 3.63) is 24.0 Å². The van der Waals surface area contributed by atoms with Crippen molar-refractivity contribution in [2.75, 3.05) is 4.72 Å². The SMILES string of the molecule is O=S(=O)(Nc1ccc(F)nc1F)C1CC1. The van der Waals surface area contributed by atoms with Crippen LogP contribution in [0.25, 0.3) is 0 Å². The molecule has 1 aliphatic carbocycles. The Balaban J connectivity index is 2.24. The Morgan fingerprint density at radius 2 is 2.00 bits per heavy atom. The minimum atomic E-state index is -3.53.